The van der Waals surface area contributed by atoms with Gasteiger partial charge in [0, 0.05) is 12.1 Å². The summed E-state index contributed by atoms with van der Waals surface area (Å²) in [5, 5.41) is 2.85. The van der Waals surface area contributed by atoms with Gasteiger partial charge in [0.2, 0.25) is 15.9 Å². The molecule has 1 fully saturated rings. The van der Waals surface area contributed by atoms with Crippen molar-refractivity contribution in [2.45, 2.75) is 51.1 Å². The van der Waals surface area contributed by atoms with Gasteiger partial charge in [0.15, 0.2) is 11.6 Å². The van der Waals surface area contributed by atoms with Crippen molar-refractivity contribution in [2.75, 3.05) is 10.6 Å². The molecular formula is C16H22F2N2O3S. The van der Waals surface area contributed by atoms with Gasteiger partial charge in [0.25, 0.3) is 0 Å². The van der Waals surface area contributed by atoms with E-state index in [1.807, 2.05) is 0 Å². The molecule has 0 aromatic heterocycles. The molecule has 2 rings (SSSR count). The molecule has 1 amide bonds. The van der Waals surface area contributed by atoms with E-state index in [0.717, 1.165) is 60.9 Å². The number of rotatable bonds is 5. The zero-order chi connectivity index (χ0) is 17.9. The summed E-state index contributed by atoms with van der Waals surface area (Å²) in [6, 6.07) is 1.73. The number of benzene rings is 1. The van der Waals surface area contributed by atoms with Crippen LogP contribution in [0.2, 0.25) is 0 Å². The van der Waals surface area contributed by atoms with E-state index in [1.165, 1.54) is 6.92 Å². The number of carbonyl (C=O) groups excluding carboxylic acids is 1. The van der Waals surface area contributed by atoms with Crippen LogP contribution >= 0.6 is 0 Å². The average Bonchev–Trinajstić information content (AvgIpc) is 2.50. The number of halogens is 2. The average molecular weight is 360 g/mol. The van der Waals surface area contributed by atoms with Crippen LogP contribution < -0.4 is 9.62 Å². The molecule has 1 N–H and O–H groups in total. The van der Waals surface area contributed by atoms with Gasteiger partial charge >= 0.3 is 0 Å². The van der Waals surface area contributed by atoms with Crippen molar-refractivity contribution in [3.8, 4) is 0 Å². The van der Waals surface area contributed by atoms with Crippen molar-refractivity contribution in [3.63, 3.8) is 0 Å². The molecule has 1 aromatic rings. The highest BCUT2D eigenvalue weighted by Crippen LogP contribution is 2.24. The van der Waals surface area contributed by atoms with E-state index in [4.69, 9.17) is 0 Å². The lowest BCUT2D eigenvalue weighted by atomic mass is 9.95. The summed E-state index contributed by atoms with van der Waals surface area (Å²) >= 11 is 0. The van der Waals surface area contributed by atoms with E-state index in [9.17, 15) is 22.0 Å². The van der Waals surface area contributed by atoms with Gasteiger partial charge in [-0.15, -0.1) is 0 Å². The van der Waals surface area contributed by atoms with Gasteiger partial charge in [0.1, 0.15) is 6.04 Å². The Morgan fingerprint density at radius 1 is 1.21 bits per heavy atom. The van der Waals surface area contributed by atoms with Gasteiger partial charge in [-0.1, -0.05) is 19.3 Å². The summed E-state index contributed by atoms with van der Waals surface area (Å²) in [6.07, 6.45) is 5.84. The fourth-order valence-electron chi connectivity index (χ4n) is 3.00. The van der Waals surface area contributed by atoms with Crippen molar-refractivity contribution in [1.29, 1.82) is 0 Å². The topological polar surface area (TPSA) is 66.5 Å². The summed E-state index contributed by atoms with van der Waals surface area (Å²) in [7, 11) is -3.85. The molecule has 1 atom stereocenters. The monoisotopic (exact) mass is 360 g/mol. The molecule has 1 aromatic carbocycles. The van der Waals surface area contributed by atoms with Crippen LogP contribution in [0, 0.1) is 11.6 Å². The zero-order valence-corrected chi connectivity index (χ0v) is 14.6. The van der Waals surface area contributed by atoms with Crippen LogP contribution in [-0.4, -0.2) is 32.7 Å². The smallest absolute Gasteiger partial charge is 0.243 e. The Morgan fingerprint density at radius 3 is 2.38 bits per heavy atom. The summed E-state index contributed by atoms with van der Waals surface area (Å²) in [5.41, 5.74) is -0.0808. The highest BCUT2D eigenvalue weighted by Gasteiger charge is 2.31. The number of hydrogen-bond acceptors (Lipinski definition) is 3. The Balaban J connectivity index is 2.23. The van der Waals surface area contributed by atoms with E-state index in [2.05, 4.69) is 5.32 Å². The van der Waals surface area contributed by atoms with Crippen LogP contribution in [0.1, 0.15) is 39.0 Å². The van der Waals surface area contributed by atoms with E-state index < -0.39 is 33.6 Å². The molecule has 24 heavy (non-hydrogen) atoms. The molecule has 0 unspecified atom stereocenters. The summed E-state index contributed by atoms with van der Waals surface area (Å²) < 4.78 is 51.6. The van der Waals surface area contributed by atoms with Crippen molar-refractivity contribution in [3.05, 3.63) is 29.8 Å². The first-order valence-corrected chi connectivity index (χ1v) is 9.80. The van der Waals surface area contributed by atoms with E-state index in [0.29, 0.717) is 0 Å². The lowest BCUT2D eigenvalue weighted by Gasteiger charge is -2.30. The second-order valence-corrected chi connectivity index (χ2v) is 8.04. The third-order valence-corrected chi connectivity index (χ3v) is 5.44. The molecule has 1 saturated carbocycles. The van der Waals surface area contributed by atoms with Gasteiger partial charge in [-0.3, -0.25) is 9.10 Å². The fraction of sp³-hybridized carbons (Fsp3) is 0.562. The van der Waals surface area contributed by atoms with E-state index in [-0.39, 0.29) is 11.7 Å². The largest absolute Gasteiger partial charge is 0.352 e. The second kappa shape index (κ2) is 7.46. The molecule has 0 bridgehead atoms. The Morgan fingerprint density at radius 2 is 1.83 bits per heavy atom. The first kappa shape index (κ1) is 18.6. The summed E-state index contributed by atoms with van der Waals surface area (Å²) in [5.74, 6) is -2.69. The normalized spacial score (nSPS) is 17.3. The van der Waals surface area contributed by atoms with E-state index >= 15 is 0 Å². The van der Waals surface area contributed by atoms with Gasteiger partial charge < -0.3 is 5.32 Å². The lowest BCUT2D eigenvalue weighted by molar-refractivity contribution is -0.122. The lowest BCUT2D eigenvalue weighted by Crippen LogP contribution is -2.50. The highest BCUT2D eigenvalue weighted by atomic mass is 32.2. The minimum atomic E-state index is -3.85. The minimum absolute atomic E-state index is 0.0278. The third-order valence-electron chi connectivity index (χ3n) is 4.20. The number of nitrogens with zero attached hydrogens (tertiary/aromatic N) is 1. The summed E-state index contributed by atoms with van der Waals surface area (Å²) in [6.45, 7) is 1.43. The molecular weight excluding hydrogens is 338 g/mol. The van der Waals surface area contributed by atoms with Crippen LogP contribution in [0.3, 0.4) is 0 Å². The van der Waals surface area contributed by atoms with Gasteiger partial charge in [-0.2, -0.15) is 0 Å². The quantitative estimate of drug-likeness (QED) is 0.878. The number of nitrogens with one attached hydrogen (secondary N) is 1. The highest BCUT2D eigenvalue weighted by molar-refractivity contribution is 7.92. The molecule has 1 aliphatic carbocycles. The first-order valence-electron chi connectivity index (χ1n) is 7.95. The molecule has 0 radical (unpaired) electrons. The Bertz CT molecular complexity index is 703. The SMILES string of the molecule is C[C@H](C(=O)NC1CCCCC1)N(c1ccc(F)c(F)c1)S(C)(=O)=O. The Hall–Kier alpha value is -1.70. The van der Waals surface area contributed by atoms with Crippen LogP contribution in [-0.2, 0) is 14.8 Å². The molecule has 0 aliphatic heterocycles. The number of hydrogen-bond donors (Lipinski definition) is 1. The molecule has 134 valence electrons. The minimum Gasteiger partial charge on any atom is -0.352 e. The number of amides is 1. The predicted molar refractivity (Wildman–Crippen MR) is 88.2 cm³/mol. The Kier molecular flexibility index (Phi) is 5.79. The molecule has 0 heterocycles. The van der Waals surface area contributed by atoms with Crippen molar-refractivity contribution >= 4 is 21.6 Å². The third kappa shape index (κ3) is 4.43. The molecule has 0 saturated heterocycles. The van der Waals surface area contributed by atoms with Gasteiger partial charge in [-0.05, 0) is 31.9 Å². The second-order valence-electron chi connectivity index (χ2n) is 6.18. The van der Waals surface area contributed by atoms with Crippen LogP contribution in [0.4, 0.5) is 14.5 Å². The van der Waals surface area contributed by atoms with Crippen molar-refractivity contribution in [1.82, 2.24) is 5.32 Å². The van der Waals surface area contributed by atoms with Crippen LogP contribution in [0.15, 0.2) is 18.2 Å². The van der Waals surface area contributed by atoms with Gasteiger partial charge in [0.05, 0.1) is 11.9 Å². The number of sulfonamides is 1. The van der Waals surface area contributed by atoms with Crippen molar-refractivity contribution < 1.29 is 22.0 Å². The predicted octanol–water partition coefficient (Wildman–Crippen LogP) is 2.57. The van der Waals surface area contributed by atoms with Crippen molar-refractivity contribution in [2.24, 2.45) is 0 Å². The Labute approximate surface area is 141 Å². The zero-order valence-electron chi connectivity index (χ0n) is 13.8. The van der Waals surface area contributed by atoms with Crippen LogP contribution in [0.25, 0.3) is 0 Å². The maximum absolute atomic E-state index is 13.5. The maximum atomic E-state index is 13.5. The van der Waals surface area contributed by atoms with E-state index in [1.54, 1.807) is 0 Å². The molecule has 5 nitrogen and oxygen atoms in total. The van der Waals surface area contributed by atoms with Crippen LogP contribution in [0.5, 0.6) is 0 Å². The number of carbonyl (C=O) groups is 1. The van der Waals surface area contributed by atoms with Gasteiger partial charge in [-0.25, -0.2) is 17.2 Å². The first-order chi connectivity index (χ1) is 11.2. The maximum Gasteiger partial charge on any atom is 0.243 e. The number of anilines is 1. The molecule has 8 heteroatoms. The molecule has 0 spiro atoms. The fourth-order valence-corrected chi connectivity index (χ4v) is 4.17. The summed E-state index contributed by atoms with van der Waals surface area (Å²) in [4.78, 5) is 12.4. The molecule has 1 aliphatic rings. The standard InChI is InChI=1S/C16H22F2N2O3S/c1-11(16(21)19-12-6-4-3-5-7-12)20(24(2,22)23)13-8-9-14(17)15(18)10-13/h8-12H,3-7H2,1-2H3,(H,19,21)/t11-/m1/s1.